The Morgan fingerprint density at radius 3 is 1.76 bits per heavy atom. The predicted octanol–water partition coefficient (Wildman–Crippen LogP) is 7.86. The normalized spacial score (nSPS) is 10.2. The molecule has 0 saturated heterocycles. The van der Waals surface area contributed by atoms with Crippen molar-refractivity contribution in [2.24, 2.45) is 0 Å². The van der Waals surface area contributed by atoms with Crippen LogP contribution in [0.5, 0.6) is 23.0 Å². The summed E-state index contributed by atoms with van der Waals surface area (Å²) in [4.78, 5) is 22.0. The maximum absolute atomic E-state index is 13.7. The zero-order valence-electron chi connectivity index (χ0n) is 21.8. The van der Waals surface area contributed by atoms with E-state index in [1.54, 1.807) is 31.4 Å². The average molecular weight is 694 g/mol. The minimum absolute atomic E-state index is 0.0101. The van der Waals surface area contributed by atoms with Gasteiger partial charge in [-0.15, -0.1) is 0 Å². The summed E-state index contributed by atoms with van der Waals surface area (Å²) in [6.07, 6.45) is 0.566. The Bertz CT molecular complexity index is 1530. The van der Waals surface area contributed by atoms with Gasteiger partial charge in [0.2, 0.25) is 0 Å². The van der Waals surface area contributed by atoms with E-state index >= 15 is 0 Å². The molecule has 7 nitrogen and oxygen atoms in total. The first kappa shape index (κ1) is 31.6. The molecule has 0 unspecified atom stereocenters. The van der Waals surface area contributed by atoms with E-state index in [2.05, 4.69) is 31.9 Å². The van der Waals surface area contributed by atoms with Crippen molar-refractivity contribution in [3.8, 4) is 23.0 Å². The van der Waals surface area contributed by atoms with Crippen molar-refractivity contribution < 1.29 is 42.4 Å². The van der Waals surface area contributed by atoms with Gasteiger partial charge in [0.15, 0.2) is 29.4 Å². The van der Waals surface area contributed by atoms with Crippen LogP contribution in [0.25, 0.3) is 0 Å². The fourth-order valence-corrected chi connectivity index (χ4v) is 4.43. The number of ether oxygens (including phenoxy) is 4. The quantitative estimate of drug-likeness (QED) is 0.169. The van der Waals surface area contributed by atoms with Gasteiger partial charge in [0.25, 0.3) is 0 Å². The van der Waals surface area contributed by atoms with E-state index < -0.39 is 17.6 Å². The van der Waals surface area contributed by atoms with Crippen molar-refractivity contribution in [1.29, 1.82) is 0 Å². The Kier molecular flexibility index (Phi) is 11.7. The fourth-order valence-electron chi connectivity index (χ4n) is 3.61. The summed E-state index contributed by atoms with van der Waals surface area (Å²) in [7, 11) is 3.06. The number of hydrogen-bond donors (Lipinski definition) is 1. The molecule has 4 aromatic carbocycles. The van der Waals surface area contributed by atoms with Gasteiger partial charge in [0.05, 0.1) is 19.8 Å². The number of benzene rings is 4. The topological polar surface area (TPSA) is 91.3 Å². The van der Waals surface area contributed by atoms with E-state index in [1.807, 2.05) is 12.1 Å². The Morgan fingerprint density at radius 2 is 1.27 bits per heavy atom. The third-order valence-electron chi connectivity index (χ3n) is 5.55. The number of methoxy groups -OCH3 is 2. The number of carbonyl (C=O) groups excluding carboxylic acids is 1. The molecule has 11 heteroatoms. The van der Waals surface area contributed by atoms with Crippen molar-refractivity contribution in [2.45, 2.75) is 13.2 Å². The molecule has 0 aliphatic rings. The number of carboxylic acid groups (broad SMARTS) is 1. The number of para-hydroxylation sites is 2. The number of halogens is 4. The molecule has 0 fully saturated rings. The largest absolute Gasteiger partial charge is 0.496 e. The number of aromatic carboxylic acids is 1. The third-order valence-corrected chi connectivity index (χ3v) is 6.54. The second-order valence-corrected chi connectivity index (χ2v) is 10.0. The van der Waals surface area contributed by atoms with Crippen LogP contribution < -0.4 is 18.9 Å². The number of hydrogen-bond acceptors (Lipinski definition) is 6. The number of carbonyl (C=O) groups is 2. The molecule has 0 atom stereocenters. The fraction of sp³-hybridized carbons (Fsp3) is 0.133. The molecule has 0 radical (unpaired) electrons. The van der Waals surface area contributed by atoms with Gasteiger partial charge in [-0.2, -0.15) is 0 Å². The van der Waals surface area contributed by atoms with Gasteiger partial charge in [-0.25, -0.2) is 13.6 Å². The summed E-state index contributed by atoms with van der Waals surface area (Å²) >= 11 is 6.68. The molecule has 4 rings (SSSR count). The molecule has 0 aliphatic heterocycles. The smallest absolute Gasteiger partial charge is 0.339 e. The summed E-state index contributed by atoms with van der Waals surface area (Å²) in [5.41, 5.74) is 1.39. The first-order valence-corrected chi connectivity index (χ1v) is 13.4. The Morgan fingerprint density at radius 1 is 0.780 bits per heavy atom. The zero-order chi connectivity index (χ0) is 29.9. The maximum Gasteiger partial charge on any atom is 0.339 e. The van der Waals surface area contributed by atoms with E-state index in [4.69, 9.17) is 24.1 Å². The summed E-state index contributed by atoms with van der Waals surface area (Å²) < 4.78 is 50.3. The molecule has 0 aliphatic carbocycles. The van der Waals surface area contributed by atoms with E-state index in [0.717, 1.165) is 20.6 Å². The van der Waals surface area contributed by atoms with Gasteiger partial charge in [0.1, 0.15) is 30.3 Å². The van der Waals surface area contributed by atoms with Crippen LogP contribution in [0.15, 0.2) is 81.7 Å². The predicted molar refractivity (Wildman–Crippen MR) is 155 cm³/mol. The molecule has 214 valence electrons. The number of carboxylic acids is 1. The van der Waals surface area contributed by atoms with Crippen LogP contribution in [0, 0.1) is 11.6 Å². The minimum Gasteiger partial charge on any atom is -0.496 e. The van der Waals surface area contributed by atoms with Gasteiger partial charge in [-0.05, 0) is 60.7 Å². The molecule has 0 amide bonds. The van der Waals surface area contributed by atoms with E-state index in [1.165, 1.54) is 37.4 Å². The standard InChI is InChI=1S/C15H12BrFO4.C15H12BrFO3/c1-20-13-6-5-10(16)7-9(13)8-21-14-11(15(18)19)3-2-4-12(14)17;1-19-14-6-5-12(16)7-11(14)9-20-15-10(8-18)3-2-4-13(15)17/h2-7H,8H2,1H3,(H,18,19);2-8H,9H2,1H3. The van der Waals surface area contributed by atoms with E-state index in [-0.39, 0.29) is 35.8 Å². The monoisotopic (exact) mass is 692 g/mol. The Hall–Kier alpha value is -3.96. The highest BCUT2D eigenvalue weighted by Gasteiger charge is 2.17. The summed E-state index contributed by atoms with van der Waals surface area (Å²) in [5, 5.41) is 9.05. The molecule has 0 heterocycles. The summed E-state index contributed by atoms with van der Waals surface area (Å²) in [5.74, 6) is -1.65. The average Bonchev–Trinajstić information content (AvgIpc) is 2.96. The van der Waals surface area contributed by atoms with Crippen LogP contribution in [0.1, 0.15) is 31.8 Å². The first-order chi connectivity index (χ1) is 19.7. The first-order valence-electron chi connectivity index (χ1n) is 11.8. The van der Waals surface area contributed by atoms with Crippen molar-refractivity contribution >= 4 is 44.1 Å². The highest BCUT2D eigenvalue weighted by molar-refractivity contribution is 9.10. The van der Waals surface area contributed by atoms with Gasteiger partial charge in [0, 0.05) is 20.1 Å². The van der Waals surface area contributed by atoms with E-state index in [9.17, 15) is 18.4 Å². The third kappa shape index (κ3) is 8.51. The molecule has 0 spiro atoms. The summed E-state index contributed by atoms with van der Waals surface area (Å²) in [6.45, 7) is 0.0915. The molecule has 0 aromatic heterocycles. The molecule has 0 bridgehead atoms. The number of aldehydes is 1. The highest BCUT2D eigenvalue weighted by atomic mass is 79.9. The van der Waals surface area contributed by atoms with Crippen molar-refractivity contribution in [1.82, 2.24) is 0 Å². The maximum atomic E-state index is 13.7. The summed E-state index contributed by atoms with van der Waals surface area (Å²) in [6, 6.07) is 18.7. The lowest BCUT2D eigenvalue weighted by atomic mass is 10.2. The molecular weight excluding hydrogens is 670 g/mol. The van der Waals surface area contributed by atoms with Gasteiger partial charge in [-0.1, -0.05) is 44.0 Å². The van der Waals surface area contributed by atoms with Gasteiger partial charge in [-0.3, -0.25) is 4.79 Å². The van der Waals surface area contributed by atoms with Crippen LogP contribution >= 0.6 is 31.9 Å². The second kappa shape index (κ2) is 15.2. The van der Waals surface area contributed by atoms with Crippen LogP contribution in [-0.4, -0.2) is 31.6 Å². The SMILES string of the molecule is COc1ccc(Br)cc1COc1c(F)cccc1C(=O)O.COc1ccc(Br)cc1COc1c(F)cccc1C=O. The lowest BCUT2D eigenvalue weighted by Crippen LogP contribution is -2.06. The van der Waals surface area contributed by atoms with Crippen LogP contribution in [0.2, 0.25) is 0 Å². The Labute approximate surface area is 251 Å². The molecule has 4 aromatic rings. The minimum atomic E-state index is -1.24. The molecule has 41 heavy (non-hydrogen) atoms. The van der Waals surface area contributed by atoms with Crippen LogP contribution in [-0.2, 0) is 13.2 Å². The van der Waals surface area contributed by atoms with Gasteiger partial charge < -0.3 is 24.1 Å². The van der Waals surface area contributed by atoms with Crippen molar-refractivity contribution in [2.75, 3.05) is 14.2 Å². The molecule has 0 saturated carbocycles. The van der Waals surface area contributed by atoms with E-state index in [0.29, 0.717) is 23.3 Å². The van der Waals surface area contributed by atoms with Gasteiger partial charge >= 0.3 is 5.97 Å². The zero-order valence-corrected chi connectivity index (χ0v) is 25.0. The second-order valence-electron chi connectivity index (χ2n) is 8.19. The molecular formula is C30H24Br2F2O7. The molecule has 1 N–H and O–H groups in total. The highest BCUT2D eigenvalue weighted by Crippen LogP contribution is 2.29. The number of rotatable bonds is 10. The van der Waals surface area contributed by atoms with Crippen molar-refractivity contribution in [3.63, 3.8) is 0 Å². The van der Waals surface area contributed by atoms with Crippen LogP contribution in [0.3, 0.4) is 0 Å². The Balaban J connectivity index is 0.000000226. The lowest BCUT2D eigenvalue weighted by molar-refractivity contribution is 0.0690. The lowest BCUT2D eigenvalue weighted by Gasteiger charge is -2.12. The van der Waals surface area contributed by atoms with Crippen molar-refractivity contribution in [3.05, 3.63) is 116 Å². The van der Waals surface area contributed by atoms with Crippen LogP contribution in [0.4, 0.5) is 8.78 Å².